The van der Waals surface area contributed by atoms with Crippen molar-refractivity contribution in [3.8, 4) is 0 Å². The molecule has 2 aromatic carbocycles. The van der Waals surface area contributed by atoms with Gasteiger partial charge in [-0.15, -0.1) is 0 Å². The van der Waals surface area contributed by atoms with Crippen molar-refractivity contribution < 1.29 is 9.59 Å². The summed E-state index contributed by atoms with van der Waals surface area (Å²) in [5, 5.41) is 0. The Labute approximate surface area is 152 Å². The van der Waals surface area contributed by atoms with Crippen LogP contribution in [0, 0.1) is 0 Å². The average molecular weight is 347 g/mol. The van der Waals surface area contributed by atoms with Crippen molar-refractivity contribution in [1.82, 2.24) is 0 Å². The van der Waals surface area contributed by atoms with Crippen LogP contribution in [0.1, 0.15) is 27.9 Å². The number of allylic oxidation sites excluding steroid dienone is 2. The molecule has 2 aromatic rings. The van der Waals surface area contributed by atoms with E-state index in [-0.39, 0.29) is 6.42 Å². The third-order valence-corrected chi connectivity index (χ3v) is 4.37. The van der Waals surface area contributed by atoms with Crippen LogP contribution in [-0.2, 0) is 11.3 Å². The fraction of sp³-hybridized carbons (Fsp3) is 0.143. The molecule has 5 heteroatoms. The molecule has 0 aromatic heterocycles. The standard InChI is InChI=1S/C21H21N3O2/c22-13-14-5-4-8-16(11-14)18-12-21(23,24)10-9-17(18)20(26)19(25)15-6-2-1-3-7-15/h1-11H,12-13,22-24H2. The molecule has 6 N–H and O–H groups in total. The highest BCUT2D eigenvalue weighted by Gasteiger charge is 2.30. The predicted molar refractivity (Wildman–Crippen MR) is 102 cm³/mol. The Kier molecular flexibility index (Phi) is 4.95. The van der Waals surface area contributed by atoms with Crippen LogP contribution in [0.2, 0.25) is 0 Å². The van der Waals surface area contributed by atoms with Crippen molar-refractivity contribution in [2.24, 2.45) is 17.2 Å². The number of rotatable bonds is 5. The first-order valence-electron chi connectivity index (χ1n) is 8.35. The first-order chi connectivity index (χ1) is 12.4. The van der Waals surface area contributed by atoms with Crippen LogP contribution in [0.3, 0.4) is 0 Å². The van der Waals surface area contributed by atoms with Crippen LogP contribution in [0.5, 0.6) is 0 Å². The number of Topliss-reactive ketones (excluding diaryl/α,β-unsaturated/α-hetero) is 2. The summed E-state index contributed by atoms with van der Waals surface area (Å²) in [5.74, 6) is -1.13. The van der Waals surface area contributed by atoms with E-state index < -0.39 is 17.2 Å². The lowest BCUT2D eigenvalue weighted by Gasteiger charge is -2.28. The SMILES string of the molecule is NCc1cccc(C2=C(C(=O)C(=O)c3ccccc3)C=CC(N)(N)C2)c1. The summed E-state index contributed by atoms with van der Waals surface area (Å²) >= 11 is 0. The second-order valence-electron chi connectivity index (χ2n) is 6.44. The summed E-state index contributed by atoms with van der Waals surface area (Å²) in [6, 6.07) is 16.0. The van der Waals surface area contributed by atoms with Gasteiger partial charge in [0.15, 0.2) is 0 Å². The fourth-order valence-corrected chi connectivity index (χ4v) is 3.00. The minimum Gasteiger partial charge on any atom is -0.326 e. The number of nitrogens with two attached hydrogens (primary N) is 3. The maximum atomic E-state index is 12.9. The van der Waals surface area contributed by atoms with Gasteiger partial charge >= 0.3 is 0 Å². The van der Waals surface area contributed by atoms with E-state index in [2.05, 4.69) is 0 Å². The van der Waals surface area contributed by atoms with Gasteiger partial charge in [0, 0.05) is 24.1 Å². The lowest BCUT2D eigenvalue weighted by molar-refractivity contribution is -0.111. The minimum atomic E-state index is -1.08. The summed E-state index contributed by atoms with van der Waals surface area (Å²) in [6.07, 6.45) is 3.37. The van der Waals surface area contributed by atoms with E-state index in [1.54, 1.807) is 42.5 Å². The van der Waals surface area contributed by atoms with E-state index in [1.807, 2.05) is 24.3 Å². The Morgan fingerprint density at radius 2 is 1.69 bits per heavy atom. The van der Waals surface area contributed by atoms with E-state index in [1.165, 1.54) is 0 Å². The molecule has 0 aliphatic heterocycles. The first kappa shape index (κ1) is 17.9. The second kappa shape index (κ2) is 7.17. The van der Waals surface area contributed by atoms with E-state index in [4.69, 9.17) is 17.2 Å². The molecule has 26 heavy (non-hydrogen) atoms. The average Bonchev–Trinajstić information content (AvgIpc) is 2.67. The first-order valence-corrected chi connectivity index (χ1v) is 8.35. The van der Waals surface area contributed by atoms with Crippen LogP contribution in [0.4, 0.5) is 0 Å². The molecular weight excluding hydrogens is 326 g/mol. The Hall–Kier alpha value is -2.86. The summed E-state index contributed by atoms with van der Waals surface area (Å²) in [4.78, 5) is 25.5. The smallest absolute Gasteiger partial charge is 0.233 e. The number of carbonyl (C=O) groups is 2. The van der Waals surface area contributed by atoms with Gasteiger partial charge in [-0.1, -0.05) is 60.7 Å². The fourth-order valence-electron chi connectivity index (χ4n) is 3.00. The van der Waals surface area contributed by atoms with Crippen LogP contribution >= 0.6 is 0 Å². The predicted octanol–water partition coefficient (Wildman–Crippen LogP) is 1.92. The topological polar surface area (TPSA) is 112 Å². The largest absolute Gasteiger partial charge is 0.326 e. The van der Waals surface area contributed by atoms with E-state index >= 15 is 0 Å². The van der Waals surface area contributed by atoms with Gasteiger partial charge in [-0.2, -0.15) is 0 Å². The molecule has 1 aliphatic rings. The molecule has 1 aliphatic carbocycles. The highest BCUT2D eigenvalue weighted by molar-refractivity contribution is 6.50. The quantitative estimate of drug-likeness (QED) is 0.434. The Morgan fingerprint density at radius 1 is 0.962 bits per heavy atom. The molecule has 0 saturated heterocycles. The zero-order chi connectivity index (χ0) is 18.7. The van der Waals surface area contributed by atoms with Crippen LogP contribution < -0.4 is 17.2 Å². The van der Waals surface area contributed by atoms with Gasteiger partial charge in [0.1, 0.15) is 0 Å². The lowest BCUT2D eigenvalue weighted by atomic mass is 9.83. The number of benzene rings is 2. The zero-order valence-corrected chi connectivity index (χ0v) is 14.3. The zero-order valence-electron chi connectivity index (χ0n) is 14.3. The third kappa shape index (κ3) is 3.70. The molecule has 0 saturated carbocycles. The van der Waals surface area contributed by atoms with Crippen molar-refractivity contribution in [2.45, 2.75) is 18.6 Å². The third-order valence-electron chi connectivity index (χ3n) is 4.37. The van der Waals surface area contributed by atoms with Crippen molar-refractivity contribution in [3.63, 3.8) is 0 Å². The number of carbonyl (C=O) groups excluding carboxylic acids is 2. The van der Waals surface area contributed by atoms with Crippen LogP contribution in [0.25, 0.3) is 5.57 Å². The summed E-state index contributed by atoms with van der Waals surface area (Å²) in [7, 11) is 0. The number of ketones is 2. The molecule has 3 rings (SSSR count). The van der Waals surface area contributed by atoms with Crippen molar-refractivity contribution in [2.75, 3.05) is 0 Å². The normalized spacial score (nSPS) is 15.8. The Balaban J connectivity index is 2.07. The van der Waals surface area contributed by atoms with Gasteiger partial charge in [-0.3, -0.25) is 9.59 Å². The van der Waals surface area contributed by atoms with E-state index in [0.717, 1.165) is 11.1 Å². The van der Waals surface area contributed by atoms with Gasteiger partial charge in [-0.25, -0.2) is 0 Å². The monoisotopic (exact) mass is 347 g/mol. The summed E-state index contributed by atoms with van der Waals surface area (Å²) < 4.78 is 0. The Bertz CT molecular complexity index is 912. The molecule has 0 fully saturated rings. The molecule has 0 bridgehead atoms. The molecule has 0 heterocycles. The van der Waals surface area contributed by atoms with E-state index in [9.17, 15) is 9.59 Å². The molecule has 132 valence electrons. The summed E-state index contributed by atoms with van der Waals surface area (Å²) in [5.41, 5.74) is 19.8. The van der Waals surface area contributed by atoms with Crippen LogP contribution in [-0.4, -0.2) is 17.2 Å². The molecule has 0 atom stereocenters. The van der Waals surface area contributed by atoms with Gasteiger partial charge in [0.05, 0.1) is 5.66 Å². The highest BCUT2D eigenvalue weighted by Crippen LogP contribution is 2.32. The van der Waals surface area contributed by atoms with Crippen molar-refractivity contribution >= 4 is 17.1 Å². The minimum absolute atomic E-state index is 0.251. The van der Waals surface area contributed by atoms with Gasteiger partial charge < -0.3 is 17.2 Å². The van der Waals surface area contributed by atoms with Gasteiger partial charge in [0.2, 0.25) is 11.6 Å². The maximum Gasteiger partial charge on any atom is 0.233 e. The Morgan fingerprint density at radius 3 is 2.38 bits per heavy atom. The molecule has 0 radical (unpaired) electrons. The molecule has 0 spiro atoms. The highest BCUT2D eigenvalue weighted by atomic mass is 16.2. The number of hydrogen-bond acceptors (Lipinski definition) is 5. The molecule has 0 amide bonds. The maximum absolute atomic E-state index is 12.9. The molecular formula is C21H21N3O2. The second-order valence-corrected chi connectivity index (χ2v) is 6.44. The van der Waals surface area contributed by atoms with Gasteiger partial charge in [-0.05, 0) is 22.8 Å². The molecule has 0 unspecified atom stereocenters. The number of hydrogen-bond donors (Lipinski definition) is 3. The summed E-state index contributed by atoms with van der Waals surface area (Å²) in [6.45, 7) is 0.375. The van der Waals surface area contributed by atoms with E-state index in [0.29, 0.717) is 23.3 Å². The molecule has 5 nitrogen and oxygen atoms in total. The van der Waals surface area contributed by atoms with Crippen molar-refractivity contribution in [1.29, 1.82) is 0 Å². The lowest BCUT2D eigenvalue weighted by Crippen LogP contribution is -2.48. The van der Waals surface area contributed by atoms with Crippen LogP contribution in [0.15, 0.2) is 72.3 Å². The van der Waals surface area contributed by atoms with Crippen molar-refractivity contribution in [3.05, 3.63) is 89.0 Å². The van der Waals surface area contributed by atoms with Gasteiger partial charge in [0.25, 0.3) is 0 Å².